The number of nitrogens with one attached hydrogen (secondary N) is 1. The number of pyridine rings is 1. The van der Waals surface area contributed by atoms with Crippen LogP contribution in [0.1, 0.15) is 31.1 Å². The number of hydrogen-bond acceptors (Lipinski definition) is 2. The zero-order valence-corrected chi connectivity index (χ0v) is 12.7. The molecule has 0 spiro atoms. The highest BCUT2D eigenvalue weighted by atomic mass is 35.5. The maximum absolute atomic E-state index is 14.0. The first-order valence-electron chi connectivity index (χ1n) is 6.77. The summed E-state index contributed by atoms with van der Waals surface area (Å²) < 4.78 is 27.0. The lowest BCUT2D eigenvalue weighted by molar-refractivity contribution is 0.457. The highest BCUT2D eigenvalue weighted by Crippen LogP contribution is 2.23. The smallest absolute Gasteiger partial charge is 0.145 e. The van der Waals surface area contributed by atoms with Crippen molar-refractivity contribution in [2.45, 2.75) is 32.4 Å². The fourth-order valence-electron chi connectivity index (χ4n) is 2.17. The standard InChI is InChI=1S/C16H17ClF2N2/c1-10(2)21-15(14-7-6-12(18)9-20-14)8-11-4-3-5-13(17)16(11)19/h3-7,9-10,15,21H,8H2,1-2H3. The number of hydrogen-bond donors (Lipinski definition) is 1. The van der Waals surface area contributed by atoms with Crippen molar-refractivity contribution in [3.05, 3.63) is 64.4 Å². The van der Waals surface area contributed by atoms with Crippen LogP contribution in [0.15, 0.2) is 36.5 Å². The van der Waals surface area contributed by atoms with Crippen LogP contribution in [0.5, 0.6) is 0 Å². The number of nitrogens with zero attached hydrogens (tertiary/aromatic N) is 1. The Balaban J connectivity index is 2.28. The lowest BCUT2D eigenvalue weighted by Gasteiger charge is -2.21. The number of rotatable bonds is 5. The van der Waals surface area contributed by atoms with E-state index in [1.807, 2.05) is 13.8 Å². The molecule has 0 radical (unpaired) electrons. The van der Waals surface area contributed by atoms with E-state index in [2.05, 4.69) is 10.3 Å². The summed E-state index contributed by atoms with van der Waals surface area (Å²) in [5, 5.41) is 3.42. The lowest BCUT2D eigenvalue weighted by atomic mass is 10.0. The molecular weight excluding hydrogens is 294 g/mol. The molecule has 0 saturated heterocycles. The SMILES string of the molecule is CC(C)NC(Cc1cccc(Cl)c1F)c1ccc(F)cn1. The molecule has 1 atom stereocenters. The highest BCUT2D eigenvalue weighted by Gasteiger charge is 2.17. The molecule has 0 saturated carbocycles. The predicted molar refractivity (Wildman–Crippen MR) is 80.3 cm³/mol. The number of benzene rings is 1. The van der Waals surface area contributed by atoms with E-state index in [-0.39, 0.29) is 17.1 Å². The second-order valence-corrected chi connectivity index (χ2v) is 5.60. The summed E-state index contributed by atoms with van der Waals surface area (Å²) in [4.78, 5) is 4.09. The fourth-order valence-corrected chi connectivity index (χ4v) is 2.36. The van der Waals surface area contributed by atoms with Gasteiger partial charge in [-0.2, -0.15) is 0 Å². The minimum atomic E-state index is -0.420. The van der Waals surface area contributed by atoms with Crippen LogP contribution in [0.4, 0.5) is 8.78 Å². The summed E-state index contributed by atoms with van der Waals surface area (Å²) in [5.41, 5.74) is 1.18. The van der Waals surface area contributed by atoms with Crippen LogP contribution in [-0.4, -0.2) is 11.0 Å². The molecule has 0 amide bonds. The molecule has 2 nitrogen and oxygen atoms in total. The number of halogens is 3. The minimum Gasteiger partial charge on any atom is -0.306 e. The third-order valence-electron chi connectivity index (χ3n) is 3.10. The lowest BCUT2D eigenvalue weighted by Crippen LogP contribution is -2.30. The molecule has 0 fully saturated rings. The van der Waals surface area contributed by atoms with E-state index < -0.39 is 11.6 Å². The molecule has 1 unspecified atom stereocenters. The molecule has 112 valence electrons. The van der Waals surface area contributed by atoms with E-state index in [0.717, 1.165) is 0 Å². The van der Waals surface area contributed by atoms with Crippen LogP contribution in [0.2, 0.25) is 5.02 Å². The monoisotopic (exact) mass is 310 g/mol. The van der Waals surface area contributed by atoms with Gasteiger partial charge in [-0.3, -0.25) is 4.98 Å². The van der Waals surface area contributed by atoms with Crippen molar-refractivity contribution in [3.63, 3.8) is 0 Å². The fraction of sp³-hybridized carbons (Fsp3) is 0.312. The van der Waals surface area contributed by atoms with Crippen LogP contribution in [-0.2, 0) is 6.42 Å². The van der Waals surface area contributed by atoms with Gasteiger partial charge in [0, 0.05) is 6.04 Å². The van der Waals surface area contributed by atoms with Gasteiger partial charge in [-0.05, 0) is 30.2 Å². The Kier molecular flexibility index (Phi) is 5.26. The molecule has 0 aliphatic heterocycles. The van der Waals surface area contributed by atoms with Crippen LogP contribution >= 0.6 is 11.6 Å². The van der Waals surface area contributed by atoms with Crippen LogP contribution < -0.4 is 5.32 Å². The van der Waals surface area contributed by atoms with Crippen molar-refractivity contribution >= 4 is 11.6 Å². The largest absolute Gasteiger partial charge is 0.306 e. The Bertz CT molecular complexity index is 600. The first-order valence-corrected chi connectivity index (χ1v) is 7.15. The summed E-state index contributed by atoms with van der Waals surface area (Å²) in [6, 6.07) is 7.86. The Morgan fingerprint density at radius 1 is 1.19 bits per heavy atom. The second-order valence-electron chi connectivity index (χ2n) is 5.19. The Morgan fingerprint density at radius 2 is 1.95 bits per heavy atom. The average Bonchev–Trinajstić information content (AvgIpc) is 2.43. The van der Waals surface area contributed by atoms with Gasteiger partial charge in [0.25, 0.3) is 0 Å². The summed E-state index contributed by atoms with van der Waals surface area (Å²) in [6.07, 6.45) is 1.56. The summed E-state index contributed by atoms with van der Waals surface area (Å²) in [5.74, 6) is -0.812. The van der Waals surface area contributed by atoms with Crippen molar-refractivity contribution in [2.75, 3.05) is 0 Å². The van der Waals surface area contributed by atoms with Gasteiger partial charge in [0.15, 0.2) is 0 Å². The van der Waals surface area contributed by atoms with E-state index in [4.69, 9.17) is 11.6 Å². The van der Waals surface area contributed by atoms with Gasteiger partial charge >= 0.3 is 0 Å². The average molecular weight is 311 g/mol. The topological polar surface area (TPSA) is 24.9 Å². The van der Waals surface area contributed by atoms with E-state index in [1.165, 1.54) is 18.3 Å². The molecule has 1 aromatic heterocycles. The molecule has 21 heavy (non-hydrogen) atoms. The zero-order valence-electron chi connectivity index (χ0n) is 11.9. The maximum atomic E-state index is 14.0. The maximum Gasteiger partial charge on any atom is 0.145 e. The first kappa shape index (κ1) is 15.9. The molecule has 0 aliphatic carbocycles. The van der Waals surface area contributed by atoms with Gasteiger partial charge in [0.1, 0.15) is 11.6 Å². The first-order chi connectivity index (χ1) is 9.97. The number of aromatic nitrogens is 1. The molecule has 0 bridgehead atoms. The highest BCUT2D eigenvalue weighted by molar-refractivity contribution is 6.30. The third-order valence-corrected chi connectivity index (χ3v) is 3.39. The quantitative estimate of drug-likeness (QED) is 0.891. The van der Waals surface area contributed by atoms with Crippen molar-refractivity contribution in [2.24, 2.45) is 0 Å². The van der Waals surface area contributed by atoms with Crippen molar-refractivity contribution < 1.29 is 8.78 Å². The molecule has 1 N–H and O–H groups in total. The van der Waals surface area contributed by atoms with Crippen molar-refractivity contribution in [3.8, 4) is 0 Å². The second kappa shape index (κ2) is 6.96. The molecular formula is C16H17ClF2N2. The predicted octanol–water partition coefficient (Wildman–Crippen LogP) is 4.30. The third kappa shape index (κ3) is 4.22. The molecule has 1 heterocycles. The van der Waals surface area contributed by atoms with Crippen molar-refractivity contribution in [1.29, 1.82) is 0 Å². The Labute approximate surface area is 128 Å². The van der Waals surface area contributed by atoms with Gasteiger partial charge in [0.05, 0.1) is 23.0 Å². The minimum absolute atomic E-state index is 0.0999. The van der Waals surface area contributed by atoms with E-state index in [0.29, 0.717) is 17.7 Å². The Morgan fingerprint density at radius 3 is 2.57 bits per heavy atom. The molecule has 1 aromatic carbocycles. The van der Waals surface area contributed by atoms with Crippen molar-refractivity contribution in [1.82, 2.24) is 10.3 Å². The van der Waals surface area contributed by atoms with E-state index in [1.54, 1.807) is 18.2 Å². The van der Waals surface area contributed by atoms with Gasteiger partial charge in [0.2, 0.25) is 0 Å². The Hall–Kier alpha value is -1.52. The molecule has 0 aliphatic rings. The summed E-state index contributed by atoms with van der Waals surface area (Å²) >= 11 is 5.81. The normalized spacial score (nSPS) is 12.7. The van der Waals surface area contributed by atoms with Gasteiger partial charge in [-0.1, -0.05) is 37.6 Å². The van der Waals surface area contributed by atoms with Crippen LogP contribution in [0, 0.1) is 11.6 Å². The van der Waals surface area contributed by atoms with Gasteiger partial charge < -0.3 is 5.32 Å². The van der Waals surface area contributed by atoms with Gasteiger partial charge in [-0.25, -0.2) is 8.78 Å². The molecule has 2 rings (SSSR count). The van der Waals surface area contributed by atoms with Crippen LogP contribution in [0.25, 0.3) is 0 Å². The zero-order chi connectivity index (χ0) is 15.4. The molecule has 2 aromatic rings. The van der Waals surface area contributed by atoms with E-state index in [9.17, 15) is 8.78 Å². The van der Waals surface area contributed by atoms with Crippen LogP contribution in [0.3, 0.4) is 0 Å². The summed E-state index contributed by atoms with van der Waals surface area (Å²) in [7, 11) is 0. The summed E-state index contributed by atoms with van der Waals surface area (Å²) in [6.45, 7) is 3.98. The molecule has 5 heteroatoms. The van der Waals surface area contributed by atoms with Gasteiger partial charge in [-0.15, -0.1) is 0 Å². The van der Waals surface area contributed by atoms with E-state index >= 15 is 0 Å².